The molecule has 1 aromatic rings. The molecule has 1 aromatic heterocycles. The predicted octanol–water partition coefficient (Wildman–Crippen LogP) is 3.21. The maximum absolute atomic E-state index is 12.2. The fraction of sp³-hybridized carbons (Fsp3) is 0.286. The SMILES string of the molecule is FCc1cnc(Br)cc1OC(F)(F)F. The molecule has 0 aromatic carbocycles. The van der Waals surface area contributed by atoms with Gasteiger partial charge in [0.2, 0.25) is 0 Å². The van der Waals surface area contributed by atoms with Crippen molar-refractivity contribution < 1.29 is 22.3 Å². The van der Waals surface area contributed by atoms with Crippen LogP contribution < -0.4 is 4.74 Å². The third-order valence-corrected chi connectivity index (χ3v) is 1.71. The van der Waals surface area contributed by atoms with Gasteiger partial charge in [0, 0.05) is 17.8 Å². The summed E-state index contributed by atoms with van der Waals surface area (Å²) in [6.45, 7) is -1.06. The van der Waals surface area contributed by atoms with Crippen molar-refractivity contribution in [3.63, 3.8) is 0 Å². The lowest BCUT2D eigenvalue weighted by Gasteiger charge is -2.11. The minimum atomic E-state index is -4.83. The number of rotatable bonds is 2. The van der Waals surface area contributed by atoms with E-state index < -0.39 is 18.8 Å². The maximum Gasteiger partial charge on any atom is 0.573 e. The summed E-state index contributed by atoms with van der Waals surface area (Å²) in [4.78, 5) is 3.57. The van der Waals surface area contributed by atoms with Crippen LogP contribution in [0.25, 0.3) is 0 Å². The summed E-state index contributed by atoms with van der Waals surface area (Å²) < 4.78 is 51.4. The van der Waals surface area contributed by atoms with E-state index >= 15 is 0 Å². The zero-order chi connectivity index (χ0) is 10.8. The van der Waals surface area contributed by atoms with Crippen LogP contribution in [0.1, 0.15) is 5.56 Å². The third-order valence-electron chi connectivity index (χ3n) is 1.28. The fourth-order valence-electron chi connectivity index (χ4n) is 0.761. The zero-order valence-corrected chi connectivity index (χ0v) is 8.19. The van der Waals surface area contributed by atoms with E-state index in [2.05, 4.69) is 25.7 Å². The summed E-state index contributed by atoms with van der Waals surface area (Å²) in [5.41, 5.74) is -0.245. The normalized spacial score (nSPS) is 11.5. The van der Waals surface area contributed by atoms with E-state index in [1.165, 1.54) is 0 Å². The van der Waals surface area contributed by atoms with E-state index in [0.717, 1.165) is 12.3 Å². The van der Waals surface area contributed by atoms with Gasteiger partial charge in [-0.15, -0.1) is 13.2 Å². The molecule has 0 aliphatic heterocycles. The third kappa shape index (κ3) is 3.13. The molecule has 14 heavy (non-hydrogen) atoms. The average molecular weight is 274 g/mol. The van der Waals surface area contributed by atoms with Crippen LogP contribution in [0.5, 0.6) is 5.75 Å². The van der Waals surface area contributed by atoms with Gasteiger partial charge in [-0.05, 0) is 15.9 Å². The van der Waals surface area contributed by atoms with Crippen molar-refractivity contribution in [2.24, 2.45) is 0 Å². The molecular weight excluding hydrogens is 270 g/mol. The summed E-state index contributed by atoms with van der Waals surface area (Å²) in [6, 6.07) is 0.961. The van der Waals surface area contributed by atoms with Crippen molar-refractivity contribution in [2.75, 3.05) is 0 Å². The molecule has 7 heteroatoms. The highest BCUT2D eigenvalue weighted by atomic mass is 79.9. The number of halogens is 5. The van der Waals surface area contributed by atoms with Crippen molar-refractivity contribution in [1.29, 1.82) is 0 Å². The van der Waals surface area contributed by atoms with Gasteiger partial charge in [0.05, 0.1) is 0 Å². The van der Waals surface area contributed by atoms with Gasteiger partial charge in [-0.25, -0.2) is 9.37 Å². The van der Waals surface area contributed by atoms with Crippen LogP contribution in [0.15, 0.2) is 16.9 Å². The van der Waals surface area contributed by atoms with Crippen LogP contribution in [-0.2, 0) is 6.67 Å². The Kier molecular flexibility index (Phi) is 3.30. The molecule has 78 valence electrons. The lowest BCUT2D eigenvalue weighted by atomic mass is 10.3. The van der Waals surface area contributed by atoms with Gasteiger partial charge in [0.15, 0.2) is 0 Å². The van der Waals surface area contributed by atoms with Crippen LogP contribution in [0.3, 0.4) is 0 Å². The molecule has 0 saturated heterocycles. The van der Waals surface area contributed by atoms with Crippen molar-refractivity contribution in [1.82, 2.24) is 4.98 Å². The topological polar surface area (TPSA) is 22.1 Å². The monoisotopic (exact) mass is 273 g/mol. The molecular formula is C7H4BrF4NO. The van der Waals surface area contributed by atoms with Crippen LogP contribution in [0, 0.1) is 0 Å². The second-order valence-electron chi connectivity index (χ2n) is 2.30. The number of hydrogen-bond acceptors (Lipinski definition) is 2. The molecule has 0 spiro atoms. The second kappa shape index (κ2) is 4.12. The number of pyridine rings is 1. The van der Waals surface area contributed by atoms with Crippen molar-refractivity contribution in [2.45, 2.75) is 13.0 Å². The number of ether oxygens (including phenoxy) is 1. The molecule has 1 heterocycles. The molecule has 0 aliphatic rings. The molecule has 1 rings (SSSR count). The van der Waals surface area contributed by atoms with Gasteiger partial charge in [-0.3, -0.25) is 0 Å². The summed E-state index contributed by atoms with van der Waals surface area (Å²) in [5.74, 6) is -0.582. The molecule has 0 atom stereocenters. The Morgan fingerprint density at radius 1 is 1.43 bits per heavy atom. The lowest BCUT2D eigenvalue weighted by molar-refractivity contribution is -0.275. The Hall–Kier alpha value is -0.850. The Balaban J connectivity index is 2.99. The molecule has 0 radical (unpaired) electrons. The largest absolute Gasteiger partial charge is 0.573 e. The Bertz CT molecular complexity index is 328. The van der Waals surface area contributed by atoms with E-state index in [-0.39, 0.29) is 10.2 Å². The van der Waals surface area contributed by atoms with Gasteiger partial charge >= 0.3 is 6.36 Å². The minimum Gasteiger partial charge on any atom is -0.405 e. The van der Waals surface area contributed by atoms with Crippen LogP contribution in [0.4, 0.5) is 17.6 Å². The van der Waals surface area contributed by atoms with Crippen molar-refractivity contribution in [3.8, 4) is 5.75 Å². The van der Waals surface area contributed by atoms with Crippen LogP contribution in [-0.4, -0.2) is 11.3 Å². The molecule has 0 fully saturated rings. The van der Waals surface area contributed by atoms with Crippen molar-refractivity contribution in [3.05, 3.63) is 22.4 Å². The molecule has 2 nitrogen and oxygen atoms in total. The fourth-order valence-corrected chi connectivity index (χ4v) is 1.07. The summed E-state index contributed by atoms with van der Waals surface area (Å²) >= 11 is 2.85. The standard InChI is InChI=1S/C7H4BrF4NO/c8-6-1-5(14-7(10,11)12)4(2-9)3-13-6/h1,3H,2H2. The average Bonchev–Trinajstić information content (AvgIpc) is 2.01. The first-order valence-electron chi connectivity index (χ1n) is 3.38. The number of alkyl halides is 4. The second-order valence-corrected chi connectivity index (χ2v) is 3.11. The smallest absolute Gasteiger partial charge is 0.405 e. The predicted molar refractivity (Wildman–Crippen MR) is 43.4 cm³/mol. The number of aromatic nitrogens is 1. The maximum atomic E-state index is 12.2. The summed E-state index contributed by atoms with van der Waals surface area (Å²) in [5, 5.41) is 0. The van der Waals surface area contributed by atoms with Crippen molar-refractivity contribution >= 4 is 15.9 Å². The summed E-state index contributed by atoms with van der Waals surface area (Å²) in [7, 11) is 0. The molecule has 0 unspecified atom stereocenters. The highest BCUT2D eigenvalue weighted by Gasteiger charge is 2.32. The molecule has 0 aliphatic carbocycles. The number of nitrogens with zero attached hydrogens (tertiary/aromatic N) is 1. The summed E-state index contributed by atoms with van der Waals surface area (Å²) in [6.07, 6.45) is -3.85. The molecule has 0 bridgehead atoms. The first-order valence-corrected chi connectivity index (χ1v) is 4.18. The van der Waals surface area contributed by atoms with E-state index in [0.29, 0.717) is 0 Å². The Morgan fingerprint density at radius 2 is 2.07 bits per heavy atom. The molecule has 0 N–H and O–H groups in total. The van der Waals surface area contributed by atoms with Gasteiger partial charge in [0.1, 0.15) is 17.0 Å². The zero-order valence-electron chi connectivity index (χ0n) is 6.61. The van der Waals surface area contributed by atoms with Gasteiger partial charge in [0.25, 0.3) is 0 Å². The van der Waals surface area contributed by atoms with Crippen LogP contribution in [0.2, 0.25) is 0 Å². The van der Waals surface area contributed by atoms with E-state index in [1.54, 1.807) is 0 Å². The highest BCUT2D eigenvalue weighted by molar-refractivity contribution is 9.10. The highest BCUT2D eigenvalue weighted by Crippen LogP contribution is 2.28. The molecule has 0 saturated carbocycles. The van der Waals surface area contributed by atoms with Gasteiger partial charge < -0.3 is 4.74 Å². The van der Waals surface area contributed by atoms with Gasteiger partial charge in [-0.2, -0.15) is 0 Å². The van der Waals surface area contributed by atoms with Gasteiger partial charge in [-0.1, -0.05) is 0 Å². The molecule has 0 amide bonds. The van der Waals surface area contributed by atoms with Crippen LogP contribution >= 0.6 is 15.9 Å². The first-order chi connectivity index (χ1) is 6.42. The first kappa shape index (κ1) is 11.2. The Morgan fingerprint density at radius 3 is 2.57 bits per heavy atom. The Labute approximate surface area is 85.0 Å². The minimum absolute atomic E-state index is 0.147. The van der Waals surface area contributed by atoms with E-state index in [4.69, 9.17) is 0 Å². The number of hydrogen-bond donors (Lipinski definition) is 0. The quantitative estimate of drug-likeness (QED) is 0.610. The van der Waals surface area contributed by atoms with E-state index in [1.807, 2.05) is 0 Å². The lowest BCUT2D eigenvalue weighted by Crippen LogP contribution is -2.18. The van der Waals surface area contributed by atoms with E-state index in [9.17, 15) is 17.6 Å².